The second-order valence-corrected chi connectivity index (χ2v) is 8.98. The minimum Gasteiger partial charge on any atom is -0.356 e. The molecule has 1 N–H and O–H groups in total. The van der Waals surface area contributed by atoms with Gasteiger partial charge in [0.05, 0.1) is 17.0 Å². The molecule has 7 heteroatoms. The van der Waals surface area contributed by atoms with Gasteiger partial charge in [-0.15, -0.1) is 0 Å². The summed E-state index contributed by atoms with van der Waals surface area (Å²) in [4.78, 5) is 23.4. The fourth-order valence-corrected chi connectivity index (χ4v) is 4.30. The number of hydrogen-bond donors (Lipinski definition) is 1. The number of rotatable bonds is 6. The van der Waals surface area contributed by atoms with Gasteiger partial charge in [0.15, 0.2) is 5.76 Å². The second kappa shape index (κ2) is 8.13. The first kappa shape index (κ1) is 19.9. The molecule has 2 aromatic rings. The van der Waals surface area contributed by atoms with Crippen LogP contribution in [0.2, 0.25) is 0 Å². The highest BCUT2D eigenvalue weighted by atomic mass is 16.5. The van der Waals surface area contributed by atoms with Crippen molar-refractivity contribution in [1.82, 2.24) is 20.4 Å². The molecule has 2 saturated carbocycles. The molecule has 7 nitrogen and oxygen atoms in total. The molecular weight excluding hydrogens is 366 g/mol. The Labute approximate surface area is 172 Å². The van der Waals surface area contributed by atoms with Crippen molar-refractivity contribution >= 4 is 11.9 Å². The Hall–Kier alpha value is -2.44. The monoisotopic (exact) mass is 397 g/mol. The Morgan fingerprint density at radius 2 is 2.00 bits per heavy atom. The molecule has 2 aliphatic rings. The predicted octanol–water partition coefficient (Wildman–Crippen LogP) is 3.55. The van der Waals surface area contributed by atoms with E-state index in [1.54, 1.807) is 0 Å². The van der Waals surface area contributed by atoms with Gasteiger partial charge in [0.2, 0.25) is 11.9 Å². The van der Waals surface area contributed by atoms with E-state index >= 15 is 0 Å². The zero-order valence-electron chi connectivity index (χ0n) is 17.8. The number of amides is 1. The molecule has 2 aromatic heterocycles. The molecule has 156 valence electrons. The lowest BCUT2D eigenvalue weighted by atomic mass is 9.79. The van der Waals surface area contributed by atoms with Crippen LogP contribution in [0.1, 0.15) is 56.3 Å². The molecule has 2 atom stereocenters. The Morgan fingerprint density at radius 3 is 2.59 bits per heavy atom. The molecule has 29 heavy (non-hydrogen) atoms. The quantitative estimate of drug-likeness (QED) is 0.802. The smallest absolute Gasteiger partial charge is 0.225 e. The van der Waals surface area contributed by atoms with Crippen LogP contribution in [0.15, 0.2) is 16.8 Å². The lowest BCUT2D eigenvalue weighted by Crippen LogP contribution is -2.32. The summed E-state index contributed by atoms with van der Waals surface area (Å²) in [5.74, 6) is 3.43. The summed E-state index contributed by atoms with van der Waals surface area (Å²) in [6.07, 6.45) is 7.22. The van der Waals surface area contributed by atoms with Crippen molar-refractivity contribution in [3.8, 4) is 11.3 Å². The predicted molar refractivity (Wildman–Crippen MR) is 112 cm³/mol. The minimum absolute atomic E-state index is 0.244. The van der Waals surface area contributed by atoms with Crippen LogP contribution in [0.3, 0.4) is 0 Å². The van der Waals surface area contributed by atoms with Crippen LogP contribution in [0.4, 0.5) is 5.95 Å². The first-order chi connectivity index (χ1) is 13.9. The molecule has 2 fully saturated rings. The summed E-state index contributed by atoms with van der Waals surface area (Å²) >= 11 is 0. The van der Waals surface area contributed by atoms with E-state index in [9.17, 15) is 4.79 Å². The normalized spacial score (nSPS) is 26.2. The average Bonchev–Trinajstić information content (AvgIpc) is 3.30. The number of nitrogens with zero attached hydrogens (tertiary/aromatic N) is 4. The number of nitrogens with one attached hydrogen (secondary N) is 1. The van der Waals surface area contributed by atoms with E-state index in [4.69, 9.17) is 9.51 Å². The average molecular weight is 398 g/mol. The lowest BCUT2D eigenvalue weighted by molar-refractivity contribution is -0.122. The van der Waals surface area contributed by atoms with Crippen LogP contribution < -0.4 is 10.2 Å². The van der Waals surface area contributed by atoms with Crippen molar-refractivity contribution in [2.75, 3.05) is 25.5 Å². The van der Waals surface area contributed by atoms with Crippen molar-refractivity contribution in [3.05, 3.63) is 23.7 Å². The summed E-state index contributed by atoms with van der Waals surface area (Å²) in [6, 6.07) is 1.94. The van der Waals surface area contributed by atoms with Gasteiger partial charge in [0.25, 0.3) is 0 Å². The molecule has 0 radical (unpaired) electrons. The summed E-state index contributed by atoms with van der Waals surface area (Å²) < 4.78 is 5.51. The van der Waals surface area contributed by atoms with Crippen LogP contribution in [-0.4, -0.2) is 41.7 Å². The molecule has 0 aromatic carbocycles. The van der Waals surface area contributed by atoms with Gasteiger partial charge in [-0.2, -0.15) is 0 Å². The molecule has 0 spiro atoms. The van der Waals surface area contributed by atoms with Crippen LogP contribution in [0, 0.1) is 24.7 Å². The first-order valence-electron chi connectivity index (χ1n) is 10.7. The third kappa shape index (κ3) is 4.43. The molecule has 0 saturated heterocycles. The minimum atomic E-state index is 0.244. The van der Waals surface area contributed by atoms with E-state index in [1.807, 2.05) is 38.2 Å². The second-order valence-electron chi connectivity index (χ2n) is 8.98. The highest BCUT2D eigenvalue weighted by Gasteiger charge is 2.39. The standard InChI is InChI=1S/C22H31N5O2/c1-13-9-17(13)21(28)23-11-15-5-7-16(8-6-15)20-18(19-10-14(2)26-29-19)12-24-22(25-20)27(3)4/h10,12-13,15-17H,5-9,11H2,1-4H3,(H,23,28)/t13-,15?,16?,17-/m0/s1. The zero-order valence-corrected chi connectivity index (χ0v) is 17.8. The fourth-order valence-electron chi connectivity index (χ4n) is 4.30. The Balaban J connectivity index is 1.44. The van der Waals surface area contributed by atoms with E-state index in [0.717, 1.165) is 61.4 Å². The maximum Gasteiger partial charge on any atom is 0.225 e. The fraction of sp³-hybridized carbons (Fsp3) is 0.636. The summed E-state index contributed by atoms with van der Waals surface area (Å²) in [5, 5.41) is 7.20. The van der Waals surface area contributed by atoms with Gasteiger partial charge in [-0.05, 0) is 50.9 Å². The topological polar surface area (TPSA) is 84.2 Å². The van der Waals surface area contributed by atoms with Gasteiger partial charge in [-0.1, -0.05) is 12.1 Å². The maximum atomic E-state index is 12.1. The van der Waals surface area contributed by atoms with E-state index in [-0.39, 0.29) is 11.8 Å². The van der Waals surface area contributed by atoms with E-state index in [1.165, 1.54) is 0 Å². The number of anilines is 1. The van der Waals surface area contributed by atoms with Crippen molar-refractivity contribution < 1.29 is 9.32 Å². The van der Waals surface area contributed by atoms with Crippen molar-refractivity contribution in [3.63, 3.8) is 0 Å². The summed E-state index contributed by atoms with van der Waals surface area (Å²) in [7, 11) is 3.91. The number of aromatic nitrogens is 3. The van der Waals surface area contributed by atoms with Crippen molar-refractivity contribution in [2.24, 2.45) is 17.8 Å². The Bertz CT molecular complexity index is 870. The summed E-state index contributed by atoms with van der Waals surface area (Å²) in [5.41, 5.74) is 2.84. The van der Waals surface area contributed by atoms with Crippen LogP contribution >= 0.6 is 0 Å². The van der Waals surface area contributed by atoms with Gasteiger partial charge in [-0.25, -0.2) is 9.97 Å². The van der Waals surface area contributed by atoms with Gasteiger partial charge >= 0.3 is 0 Å². The SMILES string of the molecule is Cc1cc(-c2cnc(N(C)C)nc2C2CCC(CNC(=O)[C@H]3C[C@@H]3C)CC2)on1. The molecule has 0 bridgehead atoms. The first-order valence-corrected chi connectivity index (χ1v) is 10.7. The number of hydrogen-bond acceptors (Lipinski definition) is 6. The number of carbonyl (C=O) groups excluding carboxylic acids is 1. The van der Waals surface area contributed by atoms with Crippen LogP contribution in [-0.2, 0) is 4.79 Å². The number of carbonyl (C=O) groups is 1. The molecule has 4 rings (SSSR count). The maximum absolute atomic E-state index is 12.1. The van der Waals surface area contributed by atoms with Gasteiger partial charge in [0.1, 0.15) is 0 Å². The Morgan fingerprint density at radius 1 is 1.28 bits per heavy atom. The Kier molecular flexibility index (Phi) is 5.56. The molecule has 0 unspecified atom stereocenters. The molecule has 2 heterocycles. The third-order valence-corrected chi connectivity index (χ3v) is 6.34. The van der Waals surface area contributed by atoms with Crippen molar-refractivity contribution in [2.45, 2.75) is 51.9 Å². The van der Waals surface area contributed by atoms with E-state index in [2.05, 4.69) is 22.4 Å². The van der Waals surface area contributed by atoms with Gasteiger partial charge in [0, 0.05) is 44.7 Å². The molecule has 2 aliphatic carbocycles. The highest BCUT2D eigenvalue weighted by Crippen LogP contribution is 2.40. The van der Waals surface area contributed by atoms with Crippen LogP contribution in [0.25, 0.3) is 11.3 Å². The van der Waals surface area contributed by atoms with Crippen molar-refractivity contribution in [1.29, 1.82) is 0 Å². The largest absolute Gasteiger partial charge is 0.356 e. The molecular formula is C22H31N5O2. The molecule has 0 aliphatic heterocycles. The highest BCUT2D eigenvalue weighted by molar-refractivity contribution is 5.81. The van der Waals surface area contributed by atoms with Crippen LogP contribution in [0.5, 0.6) is 0 Å². The van der Waals surface area contributed by atoms with Gasteiger partial charge in [-0.3, -0.25) is 4.79 Å². The summed E-state index contributed by atoms with van der Waals surface area (Å²) in [6.45, 7) is 4.87. The van der Waals surface area contributed by atoms with E-state index in [0.29, 0.717) is 23.7 Å². The lowest BCUT2D eigenvalue weighted by Gasteiger charge is -2.29. The third-order valence-electron chi connectivity index (χ3n) is 6.34. The number of aryl methyl sites for hydroxylation is 1. The zero-order chi connectivity index (χ0) is 20.5. The van der Waals surface area contributed by atoms with E-state index < -0.39 is 0 Å². The van der Waals surface area contributed by atoms with Gasteiger partial charge < -0.3 is 14.7 Å². The molecule has 1 amide bonds.